The first-order chi connectivity index (χ1) is 12.5. The number of carbonyl (C=O) groups excluding carboxylic acids is 2. The minimum absolute atomic E-state index is 0.115. The molecule has 3 heterocycles. The number of hydrogen-bond acceptors (Lipinski definition) is 6. The summed E-state index contributed by atoms with van der Waals surface area (Å²) in [6.45, 7) is 6.09. The van der Waals surface area contributed by atoms with Crippen LogP contribution in [-0.2, 0) is 14.3 Å². The molecule has 9 nitrogen and oxygen atoms in total. The molecule has 0 radical (unpaired) electrons. The quantitative estimate of drug-likeness (QED) is 0.572. The van der Waals surface area contributed by atoms with Crippen molar-refractivity contribution in [2.45, 2.75) is 44.1 Å². The third kappa shape index (κ3) is 4.85. The van der Waals surface area contributed by atoms with Gasteiger partial charge in [0.15, 0.2) is 0 Å². The second-order valence-electron chi connectivity index (χ2n) is 7.20. The maximum Gasteiger partial charge on any atom is 0.317 e. The number of ether oxygens (including phenoxy) is 2. The van der Waals surface area contributed by atoms with E-state index < -0.39 is 12.2 Å². The number of hydrogen-bond donors (Lipinski definition) is 3. The summed E-state index contributed by atoms with van der Waals surface area (Å²) in [4.78, 5) is 27.1. The number of piperidine rings is 1. The first-order valence-electron chi connectivity index (χ1n) is 9.46. The lowest BCUT2D eigenvalue weighted by atomic mass is 10.0. The van der Waals surface area contributed by atoms with Crippen LogP contribution in [0.15, 0.2) is 0 Å². The third-order valence-electron chi connectivity index (χ3n) is 5.43. The summed E-state index contributed by atoms with van der Waals surface area (Å²) in [6, 6.07) is -0.0122. The molecule has 9 heteroatoms. The number of rotatable bonds is 4. The summed E-state index contributed by atoms with van der Waals surface area (Å²) in [7, 11) is 0. The number of aliphatic hydroxyl groups is 1. The van der Waals surface area contributed by atoms with Crippen molar-refractivity contribution < 1.29 is 24.2 Å². The largest absolute Gasteiger partial charge is 0.389 e. The summed E-state index contributed by atoms with van der Waals surface area (Å²) < 4.78 is 10.9. The van der Waals surface area contributed by atoms with Gasteiger partial charge in [-0.25, -0.2) is 4.79 Å². The second-order valence-corrected chi connectivity index (χ2v) is 7.20. The van der Waals surface area contributed by atoms with Crippen LogP contribution in [0.4, 0.5) is 4.79 Å². The smallest absolute Gasteiger partial charge is 0.317 e. The summed E-state index contributed by atoms with van der Waals surface area (Å²) in [5.41, 5.74) is 0. The lowest BCUT2D eigenvalue weighted by Gasteiger charge is -2.33. The van der Waals surface area contributed by atoms with Crippen LogP contribution in [0.2, 0.25) is 0 Å². The van der Waals surface area contributed by atoms with Crippen LogP contribution >= 0.6 is 0 Å². The van der Waals surface area contributed by atoms with E-state index in [-0.39, 0.29) is 30.6 Å². The van der Waals surface area contributed by atoms with E-state index in [2.05, 4.69) is 10.6 Å². The highest BCUT2D eigenvalue weighted by Gasteiger charge is 2.37. The van der Waals surface area contributed by atoms with Crippen molar-refractivity contribution >= 4 is 11.9 Å². The summed E-state index contributed by atoms with van der Waals surface area (Å²) in [6.07, 6.45) is 0.684. The Balaban J connectivity index is 1.38. The zero-order valence-corrected chi connectivity index (χ0v) is 15.4. The maximum absolute atomic E-state index is 12.1. The number of amides is 3. The zero-order chi connectivity index (χ0) is 18.5. The van der Waals surface area contributed by atoms with Gasteiger partial charge in [-0.1, -0.05) is 0 Å². The van der Waals surface area contributed by atoms with Gasteiger partial charge in [0.25, 0.3) is 0 Å². The van der Waals surface area contributed by atoms with Crippen LogP contribution in [0, 0.1) is 0 Å². The van der Waals surface area contributed by atoms with Crippen molar-refractivity contribution in [2.24, 2.45) is 0 Å². The zero-order valence-electron chi connectivity index (χ0n) is 15.4. The average molecular weight is 370 g/mol. The molecule has 3 N–H and O–H groups in total. The second kappa shape index (κ2) is 8.98. The van der Waals surface area contributed by atoms with Gasteiger partial charge >= 0.3 is 6.03 Å². The van der Waals surface area contributed by atoms with Crippen LogP contribution in [0.3, 0.4) is 0 Å². The minimum Gasteiger partial charge on any atom is -0.389 e. The Bertz CT molecular complexity index is 492. The molecule has 3 aliphatic rings. The van der Waals surface area contributed by atoms with E-state index >= 15 is 0 Å². The molecule has 3 saturated heterocycles. The Morgan fingerprint density at radius 3 is 2.46 bits per heavy atom. The molecule has 0 aromatic rings. The SMILES string of the molecule is CC(=O)N1CCC(NC2COC(CNC(=O)N3CCOCC3)C2O)CC1. The highest BCUT2D eigenvalue weighted by Crippen LogP contribution is 2.18. The van der Waals surface area contributed by atoms with Gasteiger partial charge in [0.05, 0.1) is 32.0 Å². The predicted molar refractivity (Wildman–Crippen MR) is 93.7 cm³/mol. The van der Waals surface area contributed by atoms with Crippen LogP contribution < -0.4 is 10.6 Å². The number of carbonyl (C=O) groups is 2. The Kier molecular flexibility index (Phi) is 6.68. The van der Waals surface area contributed by atoms with Gasteiger partial charge in [-0.2, -0.15) is 0 Å². The molecule has 0 aromatic heterocycles. The van der Waals surface area contributed by atoms with Crippen LogP contribution in [-0.4, -0.2) is 104 Å². The Morgan fingerprint density at radius 2 is 1.81 bits per heavy atom. The van der Waals surface area contributed by atoms with E-state index in [9.17, 15) is 14.7 Å². The lowest BCUT2D eigenvalue weighted by Crippen LogP contribution is -2.52. The molecule has 0 bridgehead atoms. The van der Waals surface area contributed by atoms with Crippen molar-refractivity contribution in [1.82, 2.24) is 20.4 Å². The summed E-state index contributed by atoms with van der Waals surface area (Å²) >= 11 is 0. The van der Waals surface area contributed by atoms with Crippen molar-refractivity contribution in [1.29, 1.82) is 0 Å². The van der Waals surface area contributed by atoms with E-state index in [0.717, 1.165) is 25.9 Å². The molecule has 148 valence electrons. The van der Waals surface area contributed by atoms with E-state index in [1.54, 1.807) is 11.8 Å². The van der Waals surface area contributed by atoms with Gasteiger partial charge in [-0.15, -0.1) is 0 Å². The maximum atomic E-state index is 12.1. The molecule has 3 rings (SSSR count). The monoisotopic (exact) mass is 370 g/mol. The van der Waals surface area contributed by atoms with E-state index in [4.69, 9.17) is 9.47 Å². The average Bonchev–Trinajstić information content (AvgIpc) is 3.00. The van der Waals surface area contributed by atoms with Crippen molar-refractivity contribution in [3.8, 4) is 0 Å². The molecule has 3 amide bonds. The van der Waals surface area contributed by atoms with Crippen LogP contribution in [0.25, 0.3) is 0 Å². The Labute approximate surface area is 154 Å². The fraction of sp³-hybridized carbons (Fsp3) is 0.882. The molecule has 3 unspecified atom stereocenters. The highest BCUT2D eigenvalue weighted by atomic mass is 16.5. The first kappa shape index (κ1) is 19.3. The third-order valence-corrected chi connectivity index (χ3v) is 5.43. The lowest BCUT2D eigenvalue weighted by molar-refractivity contribution is -0.129. The fourth-order valence-electron chi connectivity index (χ4n) is 3.74. The number of likely N-dealkylation sites (tertiary alicyclic amines) is 1. The van der Waals surface area contributed by atoms with Crippen molar-refractivity contribution in [3.63, 3.8) is 0 Å². The van der Waals surface area contributed by atoms with Crippen LogP contribution in [0.5, 0.6) is 0 Å². The van der Waals surface area contributed by atoms with E-state index in [1.807, 2.05) is 4.90 Å². The molecule has 3 aliphatic heterocycles. The highest BCUT2D eigenvalue weighted by molar-refractivity contribution is 5.74. The molecule has 0 saturated carbocycles. The molecule has 0 aliphatic carbocycles. The standard InChI is InChI=1S/C17H30N4O5/c1-12(22)20-4-2-13(3-5-20)19-14-11-26-15(16(14)23)10-18-17(24)21-6-8-25-9-7-21/h13-16,19,23H,2-11H2,1H3,(H,18,24). The molecular formula is C17H30N4O5. The topological polar surface area (TPSA) is 103 Å². The number of morpholine rings is 1. The molecular weight excluding hydrogens is 340 g/mol. The molecule has 26 heavy (non-hydrogen) atoms. The predicted octanol–water partition coefficient (Wildman–Crippen LogP) is -1.24. The van der Waals surface area contributed by atoms with Gasteiger partial charge < -0.3 is 35.0 Å². The Morgan fingerprint density at radius 1 is 1.12 bits per heavy atom. The summed E-state index contributed by atoms with van der Waals surface area (Å²) in [5.74, 6) is 0.115. The molecule has 3 atom stereocenters. The number of aliphatic hydroxyl groups excluding tert-OH is 1. The number of nitrogens with zero attached hydrogens (tertiary/aromatic N) is 2. The first-order valence-corrected chi connectivity index (χ1v) is 9.46. The fourth-order valence-corrected chi connectivity index (χ4v) is 3.74. The van der Waals surface area contributed by atoms with Crippen LogP contribution in [0.1, 0.15) is 19.8 Å². The molecule has 0 aromatic carbocycles. The van der Waals surface area contributed by atoms with Gasteiger partial charge in [-0.3, -0.25) is 4.79 Å². The Hall–Kier alpha value is -1.42. The molecule has 0 spiro atoms. The molecule has 3 fully saturated rings. The van der Waals surface area contributed by atoms with E-state index in [1.165, 1.54) is 0 Å². The van der Waals surface area contributed by atoms with Gasteiger partial charge in [0, 0.05) is 45.7 Å². The van der Waals surface area contributed by atoms with Gasteiger partial charge in [0.2, 0.25) is 5.91 Å². The van der Waals surface area contributed by atoms with Gasteiger partial charge in [0.1, 0.15) is 6.10 Å². The van der Waals surface area contributed by atoms with Crippen molar-refractivity contribution in [3.05, 3.63) is 0 Å². The number of nitrogens with one attached hydrogen (secondary N) is 2. The van der Waals surface area contributed by atoms with Gasteiger partial charge in [-0.05, 0) is 12.8 Å². The number of urea groups is 1. The summed E-state index contributed by atoms with van der Waals surface area (Å²) in [5, 5.41) is 16.8. The van der Waals surface area contributed by atoms with E-state index in [0.29, 0.717) is 32.9 Å². The van der Waals surface area contributed by atoms with Crippen molar-refractivity contribution in [2.75, 3.05) is 52.5 Å². The minimum atomic E-state index is -0.661. The normalized spacial score (nSPS) is 30.5.